The second-order valence-corrected chi connectivity index (χ2v) is 6.90. The zero-order valence-corrected chi connectivity index (χ0v) is 16.4. The zero-order valence-electron chi connectivity index (χ0n) is 16.4. The highest BCUT2D eigenvalue weighted by atomic mass is 16.5. The number of nitrogens with one attached hydrogen (secondary N) is 1. The van der Waals surface area contributed by atoms with E-state index in [-0.39, 0.29) is 18.1 Å². The van der Waals surface area contributed by atoms with Crippen LogP contribution < -0.4 is 11.1 Å². The predicted molar refractivity (Wildman–Crippen MR) is 114 cm³/mol. The van der Waals surface area contributed by atoms with Crippen molar-refractivity contribution >= 4 is 39.4 Å². The molecule has 0 aliphatic rings. The minimum atomic E-state index is -0.533. The van der Waals surface area contributed by atoms with Crippen LogP contribution in [-0.4, -0.2) is 23.1 Å². The molecule has 7 nitrogen and oxygen atoms in total. The molecule has 0 aliphatic carbocycles. The van der Waals surface area contributed by atoms with Crippen molar-refractivity contribution in [3.63, 3.8) is 0 Å². The van der Waals surface area contributed by atoms with Crippen molar-refractivity contribution in [3.8, 4) is 0 Å². The van der Waals surface area contributed by atoms with Crippen molar-refractivity contribution in [2.75, 3.05) is 11.9 Å². The highest BCUT2D eigenvalue weighted by Gasteiger charge is 2.16. The number of carbonyl (C=O) groups is 2. The number of hydrogen-bond acceptors (Lipinski definition) is 5. The number of carbonyl (C=O) groups excluding carboxylic acids is 2. The number of amides is 1. The van der Waals surface area contributed by atoms with Crippen LogP contribution in [0.25, 0.3) is 21.9 Å². The van der Waals surface area contributed by atoms with E-state index in [9.17, 15) is 14.4 Å². The molecule has 0 saturated carbocycles. The Morgan fingerprint density at radius 1 is 1.03 bits per heavy atom. The number of ether oxygens (including phenoxy) is 1. The van der Waals surface area contributed by atoms with Crippen LogP contribution in [0.15, 0.2) is 69.9 Å². The number of anilines is 1. The molecule has 1 amide bonds. The molecule has 7 heteroatoms. The Kier molecular flexibility index (Phi) is 5.34. The number of esters is 1. The second-order valence-electron chi connectivity index (χ2n) is 6.90. The van der Waals surface area contributed by atoms with Crippen molar-refractivity contribution in [2.24, 2.45) is 0 Å². The van der Waals surface area contributed by atoms with Gasteiger partial charge in [0.05, 0.1) is 23.4 Å². The number of aromatic nitrogens is 1. The van der Waals surface area contributed by atoms with E-state index in [1.54, 1.807) is 30.3 Å². The van der Waals surface area contributed by atoms with Gasteiger partial charge in [-0.15, -0.1) is 0 Å². The van der Waals surface area contributed by atoms with Crippen molar-refractivity contribution in [2.45, 2.75) is 19.9 Å². The summed E-state index contributed by atoms with van der Waals surface area (Å²) < 4.78 is 12.1. The fraction of sp³-hybridized carbons (Fsp3) is 0.174. The van der Waals surface area contributed by atoms with Gasteiger partial charge in [-0.2, -0.15) is 0 Å². The minimum Gasteiger partial charge on any atom is -0.462 e. The SMILES string of the molecule is CC(=O)Nc1cc2ccccc2cc1C(=O)OCCCn1c(=O)oc2ccccc21. The lowest BCUT2D eigenvalue weighted by atomic mass is 10.0. The van der Waals surface area contributed by atoms with E-state index in [1.807, 2.05) is 30.3 Å². The number of hydrogen-bond donors (Lipinski definition) is 1. The van der Waals surface area contributed by atoms with Crippen LogP contribution in [-0.2, 0) is 16.1 Å². The van der Waals surface area contributed by atoms with Crippen molar-refractivity contribution in [1.82, 2.24) is 4.57 Å². The summed E-state index contributed by atoms with van der Waals surface area (Å²) in [5.74, 6) is -1.25. The summed E-state index contributed by atoms with van der Waals surface area (Å²) in [5, 5.41) is 4.47. The number of aryl methyl sites for hydroxylation is 1. The maximum absolute atomic E-state index is 12.7. The van der Waals surface area contributed by atoms with E-state index in [0.717, 1.165) is 10.8 Å². The summed E-state index contributed by atoms with van der Waals surface area (Å²) in [6.45, 7) is 1.87. The molecule has 0 radical (unpaired) electrons. The molecule has 0 unspecified atom stereocenters. The summed E-state index contributed by atoms with van der Waals surface area (Å²) in [4.78, 5) is 36.2. The van der Waals surface area contributed by atoms with Crippen molar-refractivity contribution in [3.05, 3.63) is 76.8 Å². The van der Waals surface area contributed by atoms with E-state index in [2.05, 4.69) is 5.32 Å². The molecule has 0 spiro atoms. The first-order valence-corrected chi connectivity index (χ1v) is 9.59. The Balaban J connectivity index is 1.47. The monoisotopic (exact) mass is 404 g/mol. The normalized spacial score (nSPS) is 11.0. The van der Waals surface area contributed by atoms with E-state index in [1.165, 1.54) is 11.5 Å². The summed E-state index contributed by atoms with van der Waals surface area (Å²) in [5.41, 5.74) is 1.92. The van der Waals surface area contributed by atoms with E-state index in [0.29, 0.717) is 29.8 Å². The van der Waals surface area contributed by atoms with E-state index in [4.69, 9.17) is 9.15 Å². The number of nitrogens with zero attached hydrogens (tertiary/aromatic N) is 1. The topological polar surface area (TPSA) is 90.5 Å². The zero-order chi connectivity index (χ0) is 21.1. The molecule has 0 aliphatic heterocycles. The Morgan fingerprint density at radius 3 is 2.50 bits per heavy atom. The molecule has 1 aromatic heterocycles. The maximum atomic E-state index is 12.7. The van der Waals surface area contributed by atoms with Gasteiger partial charge in [-0.25, -0.2) is 9.59 Å². The number of para-hydroxylation sites is 2. The largest absolute Gasteiger partial charge is 0.462 e. The molecular weight excluding hydrogens is 384 g/mol. The maximum Gasteiger partial charge on any atom is 0.419 e. The van der Waals surface area contributed by atoms with Crippen molar-refractivity contribution in [1.29, 1.82) is 0 Å². The molecule has 30 heavy (non-hydrogen) atoms. The van der Waals surface area contributed by atoms with Crippen LogP contribution in [0.1, 0.15) is 23.7 Å². The van der Waals surface area contributed by atoms with Gasteiger partial charge in [0.15, 0.2) is 5.58 Å². The van der Waals surface area contributed by atoms with Gasteiger partial charge in [-0.1, -0.05) is 36.4 Å². The summed E-state index contributed by atoms with van der Waals surface area (Å²) in [7, 11) is 0. The third kappa shape index (κ3) is 3.96. The molecule has 1 N–H and O–H groups in total. The summed E-state index contributed by atoms with van der Waals surface area (Å²) >= 11 is 0. The molecule has 152 valence electrons. The molecule has 0 atom stereocenters. The smallest absolute Gasteiger partial charge is 0.419 e. The quantitative estimate of drug-likeness (QED) is 0.388. The van der Waals surface area contributed by atoms with Gasteiger partial charge < -0.3 is 14.5 Å². The molecule has 4 rings (SSSR count). The lowest BCUT2D eigenvalue weighted by Crippen LogP contribution is -2.17. The second kappa shape index (κ2) is 8.24. The summed E-state index contributed by atoms with van der Waals surface area (Å²) in [6.07, 6.45) is 0.443. The average molecular weight is 404 g/mol. The Bertz CT molecular complexity index is 1300. The van der Waals surface area contributed by atoms with Crippen LogP contribution in [0.3, 0.4) is 0 Å². The molecule has 4 aromatic rings. The molecule has 0 bridgehead atoms. The van der Waals surface area contributed by atoms with Gasteiger partial charge in [-0.05, 0) is 41.5 Å². The fourth-order valence-electron chi connectivity index (χ4n) is 3.39. The number of oxazole rings is 1. The van der Waals surface area contributed by atoms with E-state index < -0.39 is 11.7 Å². The van der Waals surface area contributed by atoms with Crippen LogP contribution in [0, 0.1) is 0 Å². The van der Waals surface area contributed by atoms with E-state index >= 15 is 0 Å². The molecular formula is C23H20N2O5. The highest BCUT2D eigenvalue weighted by molar-refractivity contribution is 6.05. The van der Waals surface area contributed by atoms with Gasteiger partial charge in [-0.3, -0.25) is 9.36 Å². The summed E-state index contributed by atoms with van der Waals surface area (Å²) in [6, 6.07) is 18.2. The van der Waals surface area contributed by atoms with Crippen LogP contribution in [0.5, 0.6) is 0 Å². The first-order valence-electron chi connectivity index (χ1n) is 9.59. The van der Waals surface area contributed by atoms with Crippen molar-refractivity contribution < 1.29 is 18.7 Å². The first-order chi connectivity index (χ1) is 14.5. The van der Waals surface area contributed by atoms with Gasteiger partial charge in [0.1, 0.15) is 0 Å². The van der Waals surface area contributed by atoms with Crippen LogP contribution in [0.4, 0.5) is 5.69 Å². The lowest BCUT2D eigenvalue weighted by molar-refractivity contribution is -0.114. The Hall–Kier alpha value is -3.87. The third-order valence-corrected chi connectivity index (χ3v) is 4.75. The van der Waals surface area contributed by atoms with Gasteiger partial charge >= 0.3 is 11.7 Å². The lowest BCUT2D eigenvalue weighted by Gasteiger charge is -2.12. The van der Waals surface area contributed by atoms with Gasteiger partial charge in [0, 0.05) is 13.5 Å². The number of fused-ring (bicyclic) bond motifs is 2. The number of benzene rings is 3. The third-order valence-electron chi connectivity index (χ3n) is 4.75. The fourth-order valence-corrected chi connectivity index (χ4v) is 3.39. The van der Waals surface area contributed by atoms with Gasteiger partial charge in [0.25, 0.3) is 0 Å². The molecule has 0 saturated heterocycles. The predicted octanol–water partition coefficient (Wildman–Crippen LogP) is 3.95. The Labute approximate surface area is 171 Å². The first kappa shape index (κ1) is 19.4. The molecule has 3 aromatic carbocycles. The Morgan fingerprint density at radius 2 is 1.73 bits per heavy atom. The average Bonchev–Trinajstić information content (AvgIpc) is 3.05. The minimum absolute atomic E-state index is 0.122. The number of rotatable bonds is 6. The van der Waals surface area contributed by atoms with Crippen LogP contribution >= 0.6 is 0 Å². The molecule has 0 fully saturated rings. The standard InChI is InChI=1S/C23H20N2O5/c1-15(26)24-19-14-17-8-3-2-7-16(17)13-18(19)22(27)29-12-6-11-25-20-9-4-5-10-21(20)30-23(25)28/h2-5,7-10,13-14H,6,11-12H2,1H3,(H,24,26). The van der Waals surface area contributed by atoms with Gasteiger partial charge in [0.2, 0.25) is 5.91 Å². The highest BCUT2D eigenvalue weighted by Crippen LogP contribution is 2.25. The van der Waals surface area contributed by atoms with Crippen LogP contribution in [0.2, 0.25) is 0 Å². The molecule has 1 heterocycles.